The van der Waals surface area contributed by atoms with Crippen molar-refractivity contribution < 1.29 is 22.7 Å². The second kappa shape index (κ2) is 7.54. The lowest BCUT2D eigenvalue weighted by Crippen LogP contribution is -2.21. The number of carbonyl (C=O) groups is 1. The maximum Gasteiger partial charge on any atom is 0.262 e. The molecule has 0 bridgehead atoms. The maximum atomic E-state index is 12.0. The van der Waals surface area contributed by atoms with Crippen LogP contribution in [0.1, 0.15) is 11.1 Å². The van der Waals surface area contributed by atoms with E-state index in [9.17, 15) is 13.2 Å². The van der Waals surface area contributed by atoms with E-state index in [4.69, 9.17) is 14.6 Å². The van der Waals surface area contributed by atoms with Gasteiger partial charge in [-0.1, -0.05) is 12.1 Å². The minimum Gasteiger partial charge on any atom is -0.493 e. The number of methoxy groups -OCH3 is 1. The normalized spacial score (nSPS) is 11.0. The van der Waals surface area contributed by atoms with E-state index in [1.54, 1.807) is 31.2 Å². The number of anilines is 1. The molecule has 0 atom stereocenters. The van der Waals surface area contributed by atoms with Crippen LogP contribution in [0.2, 0.25) is 0 Å². The molecule has 3 N–H and O–H groups in total. The Hall–Kier alpha value is -2.58. The molecule has 8 heteroatoms. The van der Waals surface area contributed by atoms with Gasteiger partial charge >= 0.3 is 0 Å². The van der Waals surface area contributed by atoms with E-state index in [1.807, 2.05) is 13.0 Å². The second-order valence-corrected chi connectivity index (χ2v) is 7.05. The summed E-state index contributed by atoms with van der Waals surface area (Å²) >= 11 is 0. The number of benzene rings is 2. The molecule has 2 aromatic rings. The average Bonchev–Trinajstić information content (AvgIpc) is 2.54. The molecule has 0 unspecified atom stereocenters. The van der Waals surface area contributed by atoms with Crippen LogP contribution in [0.15, 0.2) is 41.3 Å². The summed E-state index contributed by atoms with van der Waals surface area (Å²) in [5.41, 5.74) is 1.82. The standard InChI is InChI=1S/C17H20N2O5S/c1-11-4-7-14(15(8-11)23-3)24-10-17(20)19-13-6-5-12(2)16(9-13)25(18,21)22/h4-9H,10H2,1-3H3,(H,19,20)(H2,18,21,22). The van der Waals surface area contributed by atoms with Crippen molar-refractivity contribution in [2.45, 2.75) is 18.7 Å². The number of hydrogen-bond donors (Lipinski definition) is 2. The summed E-state index contributed by atoms with van der Waals surface area (Å²) in [6.07, 6.45) is 0. The van der Waals surface area contributed by atoms with Gasteiger partial charge in [-0.2, -0.15) is 0 Å². The molecule has 134 valence electrons. The van der Waals surface area contributed by atoms with E-state index in [2.05, 4.69) is 5.32 Å². The molecule has 0 aromatic heterocycles. The molecule has 0 saturated heterocycles. The van der Waals surface area contributed by atoms with E-state index in [0.717, 1.165) is 5.56 Å². The molecule has 2 rings (SSSR count). The smallest absolute Gasteiger partial charge is 0.262 e. The Labute approximate surface area is 146 Å². The summed E-state index contributed by atoms with van der Waals surface area (Å²) in [6, 6.07) is 9.83. The first-order chi connectivity index (χ1) is 11.7. The highest BCUT2D eigenvalue weighted by molar-refractivity contribution is 7.89. The number of amides is 1. The number of rotatable bonds is 6. The van der Waals surface area contributed by atoms with E-state index in [1.165, 1.54) is 13.2 Å². The molecule has 0 saturated carbocycles. The first kappa shape index (κ1) is 18.8. The predicted molar refractivity (Wildman–Crippen MR) is 94.4 cm³/mol. The van der Waals surface area contributed by atoms with Gasteiger partial charge in [-0.15, -0.1) is 0 Å². The van der Waals surface area contributed by atoms with Crippen molar-refractivity contribution in [2.24, 2.45) is 5.14 Å². The van der Waals surface area contributed by atoms with Crippen molar-refractivity contribution in [3.05, 3.63) is 47.5 Å². The molecule has 25 heavy (non-hydrogen) atoms. The van der Waals surface area contributed by atoms with Crippen LogP contribution in [0.3, 0.4) is 0 Å². The topological polar surface area (TPSA) is 108 Å². The van der Waals surface area contributed by atoms with Gasteiger partial charge < -0.3 is 14.8 Å². The number of aryl methyl sites for hydroxylation is 2. The van der Waals surface area contributed by atoms with Gasteiger partial charge in [0.05, 0.1) is 12.0 Å². The number of carbonyl (C=O) groups excluding carboxylic acids is 1. The Balaban J connectivity index is 2.06. The molecular weight excluding hydrogens is 344 g/mol. The van der Waals surface area contributed by atoms with Gasteiger partial charge in [-0.05, 0) is 49.2 Å². The van der Waals surface area contributed by atoms with Gasteiger partial charge in [0.15, 0.2) is 18.1 Å². The highest BCUT2D eigenvalue weighted by Crippen LogP contribution is 2.27. The number of ether oxygens (including phenoxy) is 2. The number of hydrogen-bond acceptors (Lipinski definition) is 5. The Morgan fingerprint density at radius 3 is 2.48 bits per heavy atom. The molecule has 0 heterocycles. The molecule has 7 nitrogen and oxygen atoms in total. The lowest BCUT2D eigenvalue weighted by molar-refractivity contribution is -0.118. The van der Waals surface area contributed by atoms with Crippen LogP contribution < -0.4 is 19.9 Å². The quantitative estimate of drug-likeness (QED) is 0.815. The minimum absolute atomic E-state index is 0.0357. The van der Waals surface area contributed by atoms with Gasteiger partial charge in [0.25, 0.3) is 5.91 Å². The van der Waals surface area contributed by atoms with Gasteiger partial charge in [-0.25, -0.2) is 13.6 Å². The zero-order chi connectivity index (χ0) is 18.6. The molecule has 0 aliphatic carbocycles. The molecule has 0 aliphatic heterocycles. The van der Waals surface area contributed by atoms with Crippen molar-refractivity contribution in [1.29, 1.82) is 0 Å². The number of nitrogens with one attached hydrogen (secondary N) is 1. The fourth-order valence-corrected chi connectivity index (χ4v) is 3.03. The van der Waals surface area contributed by atoms with Crippen LogP contribution in [-0.4, -0.2) is 28.0 Å². The second-order valence-electron chi connectivity index (χ2n) is 5.52. The Morgan fingerprint density at radius 2 is 1.84 bits per heavy atom. The first-order valence-electron chi connectivity index (χ1n) is 7.41. The summed E-state index contributed by atoms with van der Waals surface area (Å²) in [6.45, 7) is 3.29. The number of primary sulfonamides is 1. The third-order valence-corrected chi connectivity index (χ3v) is 4.51. The largest absolute Gasteiger partial charge is 0.493 e. The zero-order valence-electron chi connectivity index (χ0n) is 14.2. The summed E-state index contributed by atoms with van der Waals surface area (Å²) in [4.78, 5) is 12.0. The molecule has 1 amide bonds. The predicted octanol–water partition coefficient (Wildman–Crippen LogP) is 1.98. The van der Waals surface area contributed by atoms with Crippen LogP contribution >= 0.6 is 0 Å². The monoisotopic (exact) mass is 364 g/mol. The van der Waals surface area contributed by atoms with E-state index in [-0.39, 0.29) is 11.5 Å². The van der Waals surface area contributed by atoms with E-state index >= 15 is 0 Å². The molecule has 2 aromatic carbocycles. The lowest BCUT2D eigenvalue weighted by atomic mass is 10.2. The Morgan fingerprint density at radius 1 is 1.12 bits per heavy atom. The van der Waals surface area contributed by atoms with Gasteiger partial charge in [0.1, 0.15) is 0 Å². The Bertz CT molecular complexity index is 894. The van der Waals surface area contributed by atoms with Crippen LogP contribution in [0.4, 0.5) is 5.69 Å². The van der Waals surface area contributed by atoms with Crippen molar-refractivity contribution in [3.63, 3.8) is 0 Å². The fraction of sp³-hybridized carbons (Fsp3) is 0.235. The molecular formula is C17H20N2O5S. The molecule has 0 fully saturated rings. The molecule has 0 radical (unpaired) electrons. The summed E-state index contributed by atoms with van der Waals surface area (Å²) in [7, 11) is -2.34. The maximum absolute atomic E-state index is 12.0. The lowest BCUT2D eigenvalue weighted by Gasteiger charge is -2.12. The zero-order valence-corrected chi connectivity index (χ0v) is 15.0. The third-order valence-electron chi connectivity index (χ3n) is 3.46. The fourth-order valence-electron chi connectivity index (χ4n) is 2.22. The van der Waals surface area contributed by atoms with Gasteiger partial charge in [0, 0.05) is 5.69 Å². The van der Waals surface area contributed by atoms with Crippen molar-refractivity contribution in [1.82, 2.24) is 0 Å². The van der Waals surface area contributed by atoms with Crippen molar-refractivity contribution in [3.8, 4) is 11.5 Å². The van der Waals surface area contributed by atoms with Crippen molar-refractivity contribution >= 4 is 21.6 Å². The van der Waals surface area contributed by atoms with Crippen LogP contribution in [-0.2, 0) is 14.8 Å². The summed E-state index contributed by atoms with van der Waals surface area (Å²) in [5.74, 6) is 0.531. The highest BCUT2D eigenvalue weighted by Gasteiger charge is 2.14. The van der Waals surface area contributed by atoms with Gasteiger partial charge in [0.2, 0.25) is 10.0 Å². The number of nitrogens with two attached hydrogens (primary N) is 1. The van der Waals surface area contributed by atoms with Gasteiger partial charge in [-0.3, -0.25) is 4.79 Å². The van der Waals surface area contributed by atoms with Crippen LogP contribution in [0.25, 0.3) is 0 Å². The third kappa shape index (κ3) is 4.94. The average molecular weight is 364 g/mol. The molecule has 0 spiro atoms. The first-order valence-corrected chi connectivity index (χ1v) is 8.96. The minimum atomic E-state index is -3.86. The van der Waals surface area contributed by atoms with E-state index < -0.39 is 15.9 Å². The highest BCUT2D eigenvalue weighted by atomic mass is 32.2. The Kier molecular flexibility index (Phi) is 5.66. The van der Waals surface area contributed by atoms with E-state index in [0.29, 0.717) is 22.7 Å². The SMILES string of the molecule is COc1cc(C)ccc1OCC(=O)Nc1ccc(C)c(S(N)(=O)=O)c1. The van der Waals surface area contributed by atoms with Crippen LogP contribution in [0, 0.1) is 13.8 Å². The summed E-state index contributed by atoms with van der Waals surface area (Å²) < 4.78 is 33.7. The number of sulfonamides is 1. The van der Waals surface area contributed by atoms with Crippen LogP contribution in [0.5, 0.6) is 11.5 Å². The van der Waals surface area contributed by atoms with Crippen molar-refractivity contribution in [2.75, 3.05) is 19.0 Å². The molecule has 0 aliphatic rings. The summed E-state index contributed by atoms with van der Waals surface area (Å²) in [5, 5.41) is 7.73.